The second-order valence-corrected chi connectivity index (χ2v) is 5.81. The van der Waals surface area contributed by atoms with E-state index in [2.05, 4.69) is 16.2 Å². The second-order valence-electron chi connectivity index (χ2n) is 5.81. The van der Waals surface area contributed by atoms with E-state index in [1.165, 1.54) is 10.6 Å². The molecule has 0 saturated heterocycles. The van der Waals surface area contributed by atoms with Crippen molar-refractivity contribution in [3.63, 3.8) is 0 Å². The predicted octanol–water partition coefficient (Wildman–Crippen LogP) is 3.54. The Morgan fingerprint density at radius 3 is 2.56 bits per heavy atom. The third-order valence-electron chi connectivity index (χ3n) is 4.20. The Balaban J connectivity index is 1.95. The van der Waals surface area contributed by atoms with Crippen molar-refractivity contribution in [1.29, 1.82) is 5.26 Å². The highest BCUT2D eigenvalue weighted by Gasteiger charge is 2.14. The maximum absolute atomic E-state index is 12.5. The lowest BCUT2D eigenvalue weighted by atomic mass is 10.1. The van der Waals surface area contributed by atoms with Gasteiger partial charge in [0.15, 0.2) is 0 Å². The number of fused-ring (bicyclic) bond motifs is 1. The molecule has 0 radical (unpaired) electrons. The Morgan fingerprint density at radius 2 is 1.80 bits per heavy atom. The van der Waals surface area contributed by atoms with E-state index >= 15 is 0 Å². The van der Waals surface area contributed by atoms with Crippen LogP contribution in [-0.2, 0) is 0 Å². The first-order valence-electron chi connectivity index (χ1n) is 7.86. The zero-order valence-electron chi connectivity index (χ0n) is 13.5. The molecule has 2 heterocycles. The molecule has 0 amide bonds. The quantitative estimate of drug-likeness (QED) is 0.612. The van der Waals surface area contributed by atoms with Gasteiger partial charge in [0.1, 0.15) is 5.65 Å². The standard InChI is InChI=1S/C20H14N4O/c1-13-19(15-7-3-2-4-8-15)23-24-18(25)11-17(22-20(13)24)16-9-5-6-14(10-16)12-21/h2-11,22H,1H3. The molecule has 0 fully saturated rings. The summed E-state index contributed by atoms with van der Waals surface area (Å²) in [5.41, 5.74) is 5.09. The number of nitriles is 1. The maximum atomic E-state index is 12.5. The van der Waals surface area contributed by atoms with Gasteiger partial charge in [-0.25, -0.2) is 0 Å². The molecule has 5 heteroatoms. The van der Waals surface area contributed by atoms with Crippen LogP contribution in [0.25, 0.3) is 28.2 Å². The molecule has 0 aliphatic carbocycles. The van der Waals surface area contributed by atoms with Crippen LogP contribution in [0.4, 0.5) is 0 Å². The molecule has 0 atom stereocenters. The van der Waals surface area contributed by atoms with Crippen molar-refractivity contribution in [2.75, 3.05) is 0 Å². The van der Waals surface area contributed by atoms with Gasteiger partial charge in [0.25, 0.3) is 5.56 Å². The van der Waals surface area contributed by atoms with Crippen molar-refractivity contribution in [1.82, 2.24) is 14.6 Å². The number of nitrogens with one attached hydrogen (secondary N) is 1. The van der Waals surface area contributed by atoms with Gasteiger partial charge in [-0.3, -0.25) is 4.79 Å². The minimum Gasteiger partial charge on any atom is -0.339 e. The highest BCUT2D eigenvalue weighted by Crippen LogP contribution is 2.25. The van der Waals surface area contributed by atoms with Gasteiger partial charge in [0.05, 0.1) is 23.0 Å². The molecule has 2 aromatic heterocycles. The molecule has 0 saturated carbocycles. The van der Waals surface area contributed by atoms with E-state index in [9.17, 15) is 4.79 Å². The zero-order chi connectivity index (χ0) is 17.4. The lowest BCUT2D eigenvalue weighted by Gasteiger charge is -2.03. The molecule has 0 spiro atoms. The monoisotopic (exact) mass is 326 g/mol. The first-order chi connectivity index (χ1) is 12.2. The Bertz CT molecular complexity index is 1180. The normalized spacial score (nSPS) is 10.7. The van der Waals surface area contributed by atoms with Crippen LogP contribution in [0.15, 0.2) is 65.5 Å². The van der Waals surface area contributed by atoms with Crippen molar-refractivity contribution < 1.29 is 0 Å². The van der Waals surface area contributed by atoms with E-state index < -0.39 is 0 Å². The number of nitrogens with zero attached hydrogens (tertiary/aromatic N) is 3. The minimum atomic E-state index is -0.212. The van der Waals surface area contributed by atoms with Gasteiger partial charge < -0.3 is 4.98 Å². The van der Waals surface area contributed by atoms with Crippen molar-refractivity contribution in [3.05, 3.63) is 82.1 Å². The van der Waals surface area contributed by atoms with Crippen molar-refractivity contribution in [3.8, 4) is 28.6 Å². The van der Waals surface area contributed by atoms with E-state index in [4.69, 9.17) is 5.26 Å². The molecule has 0 bridgehead atoms. The fraction of sp³-hybridized carbons (Fsp3) is 0.0500. The van der Waals surface area contributed by atoms with Gasteiger partial charge in [0.2, 0.25) is 0 Å². The molecule has 25 heavy (non-hydrogen) atoms. The number of H-pyrrole nitrogens is 1. The Kier molecular flexibility index (Phi) is 3.44. The lowest BCUT2D eigenvalue weighted by Crippen LogP contribution is -2.14. The van der Waals surface area contributed by atoms with E-state index in [1.54, 1.807) is 18.2 Å². The highest BCUT2D eigenvalue weighted by molar-refractivity contribution is 5.72. The van der Waals surface area contributed by atoms with E-state index in [0.29, 0.717) is 16.9 Å². The summed E-state index contributed by atoms with van der Waals surface area (Å²) in [7, 11) is 0. The molecule has 5 nitrogen and oxygen atoms in total. The van der Waals surface area contributed by atoms with Crippen LogP contribution in [0.3, 0.4) is 0 Å². The van der Waals surface area contributed by atoms with Gasteiger partial charge in [-0.1, -0.05) is 42.5 Å². The van der Waals surface area contributed by atoms with E-state index in [1.807, 2.05) is 43.3 Å². The number of aromatic nitrogens is 3. The third-order valence-corrected chi connectivity index (χ3v) is 4.20. The van der Waals surface area contributed by atoms with Crippen LogP contribution in [-0.4, -0.2) is 14.6 Å². The summed E-state index contributed by atoms with van der Waals surface area (Å²) in [5, 5.41) is 13.5. The van der Waals surface area contributed by atoms with Gasteiger partial charge in [-0.05, 0) is 24.6 Å². The van der Waals surface area contributed by atoms with Crippen LogP contribution in [0.2, 0.25) is 0 Å². The molecule has 0 aliphatic heterocycles. The summed E-state index contributed by atoms with van der Waals surface area (Å²) in [4.78, 5) is 15.8. The van der Waals surface area contributed by atoms with E-state index in [0.717, 1.165) is 22.4 Å². The SMILES string of the molecule is Cc1c(-c2ccccc2)nn2c(=O)cc(-c3cccc(C#N)c3)[nH]c12. The molecular weight excluding hydrogens is 312 g/mol. The van der Waals surface area contributed by atoms with Crippen LogP contribution >= 0.6 is 0 Å². The van der Waals surface area contributed by atoms with Crippen LogP contribution < -0.4 is 5.56 Å². The Labute approximate surface area is 143 Å². The summed E-state index contributed by atoms with van der Waals surface area (Å²) in [6.07, 6.45) is 0. The second kappa shape index (κ2) is 5.77. The third kappa shape index (κ3) is 2.50. The van der Waals surface area contributed by atoms with Gasteiger partial charge >= 0.3 is 0 Å². The van der Waals surface area contributed by atoms with E-state index in [-0.39, 0.29) is 5.56 Å². The topological polar surface area (TPSA) is 74.0 Å². The fourth-order valence-electron chi connectivity index (χ4n) is 2.93. The molecular formula is C20H14N4O. The van der Waals surface area contributed by atoms with Gasteiger partial charge in [0, 0.05) is 17.2 Å². The van der Waals surface area contributed by atoms with Crippen molar-refractivity contribution in [2.24, 2.45) is 0 Å². The summed E-state index contributed by atoms with van der Waals surface area (Å²) in [6.45, 7) is 1.94. The van der Waals surface area contributed by atoms with Crippen molar-refractivity contribution >= 4 is 5.65 Å². The predicted molar refractivity (Wildman–Crippen MR) is 96.1 cm³/mol. The Morgan fingerprint density at radius 1 is 1.04 bits per heavy atom. The average Bonchev–Trinajstić information content (AvgIpc) is 3.00. The number of benzene rings is 2. The number of aryl methyl sites for hydroxylation is 1. The first kappa shape index (κ1) is 14.9. The zero-order valence-corrected chi connectivity index (χ0v) is 13.5. The highest BCUT2D eigenvalue weighted by atomic mass is 16.1. The number of aromatic amines is 1. The van der Waals surface area contributed by atoms with Gasteiger partial charge in [-0.2, -0.15) is 14.9 Å². The largest absolute Gasteiger partial charge is 0.339 e. The first-order valence-corrected chi connectivity index (χ1v) is 7.86. The summed E-state index contributed by atoms with van der Waals surface area (Å²) < 4.78 is 1.38. The summed E-state index contributed by atoms with van der Waals surface area (Å²) in [6, 6.07) is 20.5. The molecule has 4 rings (SSSR count). The van der Waals surface area contributed by atoms with Crippen LogP contribution in [0.1, 0.15) is 11.1 Å². The smallest absolute Gasteiger partial charge is 0.274 e. The minimum absolute atomic E-state index is 0.212. The van der Waals surface area contributed by atoms with Gasteiger partial charge in [-0.15, -0.1) is 0 Å². The van der Waals surface area contributed by atoms with Crippen LogP contribution in [0, 0.1) is 18.3 Å². The lowest BCUT2D eigenvalue weighted by molar-refractivity contribution is 0.904. The maximum Gasteiger partial charge on any atom is 0.274 e. The van der Waals surface area contributed by atoms with Crippen LogP contribution in [0.5, 0.6) is 0 Å². The molecule has 120 valence electrons. The molecule has 0 unspecified atom stereocenters. The molecule has 0 aliphatic rings. The number of rotatable bonds is 2. The molecule has 4 aromatic rings. The number of hydrogen-bond donors (Lipinski definition) is 1. The summed E-state index contributed by atoms with van der Waals surface area (Å²) in [5.74, 6) is 0. The number of hydrogen-bond acceptors (Lipinski definition) is 3. The summed E-state index contributed by atoms with van der Waals surface area (Å²) >= 11 is 0. The Hall–Kier alpha value is -3.65. The van der Waals surface area contributed by atoms with Crippen molar-refractivity contribution in [2.45, 2.75) is 6.92 Å². The molecule has 1 N–H and O–H groups in total. The molecule has 2 aromatic carbocycles. The fourth-order valence-corrected chi connectivity index (χ4v) is 2.93. The average molecular weight is 326 g/mol.